The summed E-state index contributed by atoms with van der Waals surface area (Å²) in [4.78, 5) is 12.7. The molecule has 0 aliphatic heterocycles. The van der Waals surface area contributed by atoms with E-state index in [-0.39, 0.29) is 22.9 Å². The average Bonchev–Trinajstić information content (AvgIpc) is 3.15. The molecule has 0 fully saturated rings. The van der Waals surface area contributed by atoms with Crippen LogP contribution in [0, 0.1) is 0 Å². The Morgan fingerprint density at radius 2 is 1.64 bits per heavy atom. The molecule has 0 spiro atoms. The second-order valence-electron chi connectivity index (χ2n) is 5.50. The molecule has 0 unspecified atom stereocenters. The number of carbonyl (C=O) groups is 1. The molecule has 2 aromatic carbocycles. The largest absolute Gasteiger partial charge is 0.468 e. The van der Waals surface area contributed by atoms with E-state index in [9.17, 15) is 13.2 Å². The lowest BCUT2D eigenvalue weighted by molar-refractivity contribution is 0.0978. The van der Waals surface area contributed by atoms with Crippen LogP contribution in [0.2, 0.25) is 5.02 Å². The van der Waals surface area contributed by atoms with Gasteiger partial charge in [-0.3, -0.25) is 4.79 Å². The summed E-state index contributed by atoms with van der Waals surface area (Å²) in [6.45, 7) is 0. The Balaban J connectivity index is 1.96. The fraction of sp³-hybridized carbons (Fsp3) is 0.105. The van der Waals surface area contributed by atoms with Crippen molar-refractivity contribution in [2.24, 2.45) is 0 Å². The van der Waals surface area contributed by atoms with Crippen molar-refractivity contribution < 1.29 is 17.6 Å². The summed E-state index contributed by atoms with van der Waals surface area (Å²) >= 11 is 5.83. The molecule has 1 aromatic heterocycles. The zero-order chi connectivity index (χ0) is 17.9. The van der Waals surface area contributed by atoms with Crippen molar-refractivity contribution in [3.8, 4) is 0 Å². The molecule has 0 aliphatic carbocycles. The van der Waals surface area contributed by atoms with E-state index in [1.54, 1.807) is 54.6 Å². The molecule has 0 radical (unpaired) electrons. The zero-order valence-corrected chi connectivity index (χ0v) is 14.7. The van der Waals surface area contributed by atoms with Crippen LogP contribution in [0.25, 0.3) is 0 Å². The number of hydrogen-bond donors (Lipinski definition) is 0. The van der Waals surface area contributed by atoms with Gasteiger partial charge in [0.25, 0.3) is 0 Å². The van der Waals surface area contributed by atoms with Crippen LogP contribution in [-0.4, -0.2) is 14.2 Å². The maximum atomic E-state index is 13.0. The van der Waals surface area contributed by atoms with Crippen LogP contribution in [0.5, 0.6) is 0 Å². The molecule has 128 valence electrons. The summed E-state index contributed by atoms with van der Waals surface area (Å²) in [7, 11) is -3.78. The van der Waals surface area contributed by atoms with Crippen molar-refractivity contribution in [3.63, 3.8) is 0 Å². The van der Waals surface area contributed by atoms with Crippen LogP contribution in [0.3, 0.4) is 0 Å². The summed E-state index contributed by atoms with van der Waals surface area (Å²) in [6, 6.07) is 17.6. The van der Waals surface area contributed by atoms with Gasteiger partial charge in [-0.25, -0.2) is 8.42 Å². The molecule has 1 atom stereocenters. The van der Waals surface area contributed by atoms with Gasteiger partial charge >= 0.3 is 0 Å². The Labute approximate surface area is 151 Å². The van der Waals surface area contributed by atoms with E-state index >= 15 is 0 Å². The maximum absolute atomic E-state index is 13.0. The normalized spacial score (nSPS) is 12.7. The molecule has 3 aromatic rings. The molecule has 0 bridgehead atoms. The molecular formula is C19H15ClO4S. The predicted octanol–water partition coefficient (Wildman–Crippen LogP) is 4.72. The lowest BCUT2D eigenvalue weighted by atomic mass is 10.1. The minimum Gasteiger partial charge on any atom is -0.468 e. The molecule has 6 heteroatoms. The van der Waals surface area contributed by atoms with Crippen molar-refractivity contribution in [1.82, 2.24) is 0 Å². The van der Waals surface area contributed by atoms with Crippen molar-refractivity contribution in [2.45, 2.75) is 16.6 Å². The lowest BCUT2D eigenvalue weighted by Gasteiger charge is -2.15. The summed E-state index contributed by atoms with van der Waals surface area (Å²) in [5, 5.41) is -0.580. The standard InChI is InChI=1S/C19H15ClO4S/c20-15-10-8-14(9-11-15)17(21)13-19(18-7-4-12-24-18)25(22,23)16-5-2-1-3-6-16/h1-12,19H,13H2/t19-/m0/s1. The molecule has 1 heterocycles. The minimum atomic E-state index is -3.78. The SMILES string of the molecule is O=C(C[C@@H](c1ccco1)S(=O)(=O)c1ccccc1)c1ccc(Cl)cc1. The quantitative estimate of drug-likeness (QED) is 0.585. The number of sulfone groups is 1. The molecule has 0 aliphatic rings. The van der Waals surface area contributed by atoms with E-state index in [0.717, 1.165) is 0 Å². The third kappa shape index (κ3) is 3.83. The highest BCUT2D eigenvalue weighted by Crippen LogP contribution is 2.33. The number of carbonyl (C=O) groups excluding carboxylic acids is 1. The van der Waals surface area contributed by atoms with Crippen molar-refractivity contribution in [1.29, 1.82) is 0 Å². The van der Waals surface area contributed by atoms with Crippen molar-refractivity contribution in [3.05, 3.63) is 89.3 Å². The van der Waals surface area contributed by atoms with Gasteiger partial charge in [0.1, 0.15) is 11.0 Å². The van der Waals surface area contributed by atoms with E-state index in [0.29, 0.717) is 10.6 Å². The Morgan fingerprint density at radius 1 is 0.960 bits per heavy atom. The number of hydrogen-bond acceptors (Lipinski definition) is 4. The smallest absolute Gasteiger partial charge is 0.188 e. The Morgan fingerprint density at radius 3 is 2.24 bits per heavy atom. The first-order valence-corrected chi connectivity index (χ1v) is 9.52. The molecule has 0 amide bonds. The summed E-state index contributed by atoms with van der Waals surface area (Å²) in [6.07, 6.45) is 1.18. The van der Waals surface area contributed by atoms with Gasteiger partial charge in [-0.2, -0.15) is 0 Å². The Kier molecular flexibility index (Phi) is 5.06. The van der Waals surface area contributed by atoms with E-state index in [1.807, 2.05) is 0 Å². The van der Waals surface area contributed by atoms with Crippen molar-refractivity contribution in [2.75, 3.05) is 0 Å². The molecule has 0 saturated carbocycles. The van der Waals surface area contributed by atoms with Crippen LogP contribution >= 0.6 is 11.6 Å². The van der Waals surface area contributed by atoms with Crippen LogP contribution in [-0.2, 0) is 9.84 Å². The molecule has 0 saturated heterocycles. The van der Waals surface area contributed by atoms with Crippen molar-refractivity contribution >= 4 is 27.2 Å². The van der Waals surface area contributed by atoms with Gasteiger partial charge in [-0.1, -0.05) is 29.8 Å². The van der Waals surface area contributed by atoms with Gasteiger partial charge in [0, 0.05) is 17.0 Å². The minimum absolute atomic E-state index is 0.153. The average molecular weight is 375 g/mol. The fourth-order valence-electron chi connectivity index (χ4n) is 2.53. The number of benzene rings is 2. The highest BCUT2D eigenvalue weighted by molar-refractivity contribution is 7.91. The summed E-state index contributed by atoms with van der Waals surface area (Å²) in [5.74, 6) is -0.0521. The van der Waals surface area contributed by atoms with Gasteiger partial charge in [-0.05, 0) is 48.5 Å². The van der Waals surface area contributed by atoms with Gasteiger partial charge in [0.15, 0.2) is 15.6 Å². The first-order chi connectivity index (χ1) is 12.0. The van der Waals surface area contributed by atoms with Crippen LogP contribution < -0.4 is 0 Å². The number of ketones is 1. The van der Waals surface area contributed by atoms with E-state index in [4.69, 9.17) is 16.0 Å². The highest BCUT2D eigenvalue weighted by Gasteiger charge is 2.33. The number of furan rings is 1. The third-order valence-corrected chi connectivity index (χ3v) is 6.17. The highest BCUT2D eigenvalue weighted by atomic mass is 35.5. The van der Waals surface area contributed by atoms with Crippen LogP contribution in [0.1, 0.15) is 27.8 Å². The zero-order valence-electron chi connectivity index (χ0n) is 13.1. The molecular weight excluding hydrogens is 360 g/mol. The molecule has 25 heavy (non-hydrogen) atoms. The number of rotatable bonds is 6. The monoisotopic (exact) mass is 374 g/mol. The second kappa shape index (κ2) is 7.25. The predicted molar refractivity (Wildman–Crippen MR) is 95.5 cm³/mol. The third-order valence-electron chi connectivity index (χ3n) is 3.84. The number of Topliss-reactive ketones (excluding diaryl/α,β-unsaturated/α-hetero) is 1. The lowest BCUT2D eigenvalue weighted by Crippen LogP contribution is -2.17. The first-order valence-electron chi connectivity index (χ1n) is 7.59. The molecule has 0 N–H and O–H groups in total. The number of halogens is 1. The topological polar surface area (TPSA) is 64.3 Å². The maximum Gasteiger partial charge on any atom is 0.188 e. The van der Waals surface area contributed by atoms with Gasteiger partial charge in [0.2, 0.25) is 0 Å². The summed E-state index contributed by atoms with van der Waals surface area (Å²) in [5.41, 5.74) is 0.407. The van der Waals surface area contributed by atoms with Crippen LogP contribution in [0.4, 0.5) is 0 Å². The van der Waals surface area contributed by atoms with Gasteiger partial charge in [-0.15, -0.1) is 0 Å². The van der Waals surface area contributed by atoms with Crippen LogP contribution in [0.15, 0.2) is 82.3 Å². The molecule has 3 rings (SSSR count). The van der Waals surface area contributed by atoms with Gasteiger partial charge in [0.05, 0.1) is 11.2 Å². The van der Waals surface area contributed by atoms with Gasteiger partial charge < -0.3 is 4.42 Å². The van der Waals surface area contributed by atoms with E-state index < -0.39 is 15.1 Å². The second-order valence-corrected chi connectivity index (χ2v) is 8.06. The summed E-state index contributed by atoms with van der Waals surface area (Å²) < 4.78 is 31.3. The fourth-order valence-corrected chi connectivity index (χ4v) is 4.34. The van der Waals surface area contributed by atoms with E-state index in [2.05, 4.69) is 0 Å². The Bertz CT molecular complexity index is 946. The molecule has 4 nitrogen and oxygen atoms in total. The van der Waals surface area contributed by atoms with E-state index in [1.165, 1.54) is 18.4 Å². The Hall–Kier alpha value is -2.37. The first kappa shape index (κ1) is 17.5.